The van der Waals surface area contributed by atoms with Crippen LogP contribution in [0.1, 0.15) is 52.7 Å². The van der Waals surface area contributed by atoms with E-state index in [0.717, 1.165) is 34.9 Å². The van der Waals surface area contributed by atoms with Crippen LogP contribution in [0.5, 0.6) is 0 Å². The lowest BCUT2D eigenvalue weighted by Crippen LogP contribution is -2.28. The lowest BCUT2D eigenvalue weighted by atomic mass is 9.76. The predicted octanol–water partition coefficient (Wildman–Crippen LogP) is 3.76. The van der Waals surface area contributed by atoms with Gasteiger partial charge in [-0.3, -0.25) is 4.79 Å². The Morgan fingerprint density at radius 3 is 2.75 bits per heavy atom. The van der Waals surface area contributed by atoms with Gasteiger partial charge in [0, 0.05) is 28.8 Å². The fraction of sp³-hybridized carbons (Fsp3) is 0.500. The van der Waals surface area contributed by atoms with Gasteiger partial charge >= 0.3 is 0 Å². The molecule has 1 aliphatic carbocycles. The number of Topliss-reactive ketones (excluding diaryl/α,β-unsaturated/α-hetero) is 1. The maximum absolute atomic E-state index is 12.3. The molecule has 2 heterocycles. The van der Waals surface area contributed by atoms with Crippen molar-refractivity contribution in [2.75, 3.05) is 0 Å². The largest absolute Gasteiger partial charge is 0.342 e. The molecular weight excluding hydrogens is 268 g/mol. The van der Waals surface area contributed by atoms with E-state index in [9.17, 15) is 4.79 Å². The molecule has 0 saturated carbocycles. The van der Waals surface area contributed by atoms with Crippen molar-refractivity contribution in [1.29, 1.82) is 0 Å². The molecule has 0 saturated heterocycles. The Morgan fingerprint density at radius 2 is 2.10 bits per heavy atom. The summed E-state index contributed by atoms with van der Waals surface area (Å²) in [6.07, 6.45) is 1.62. The molecule has 0 amide bonds. The maximum Gasteiger partial charge on any atom is 0.165 e. The molecule has 20 heavy (non-hydrogen) atoms. The SMILES string of the molecule is Cc1nc(Cn2c(C)cc3c2CC(C)(C)CC3=O)cs1. The molecular formula is C16H20N2OS. The number of nitrogens with zero attached hydrogens (tertiary/aromatic N) is 2. The zero-order chi connectivity index (χ0) is 14.5. The van der Waals surface area contributed by atoms with Crippen LogP contribution in [0.3, 0.4) is 0 Å². The van der Waals surface area contributed by atoms with E-state index in [4.69, 9.17) is 0 Å². The van der Waals surface area contributed by atoms with Gasteiger partial charge in [0.05, 0.1) is 17.2 Å². The highest BCUT2D eigenvalue weighted by Gasteiger charge is 2.33. The van der Waals surface area contributed by atoms with Crippen molar-refractivity contribution in [3.63, 3.8) is 0 Å². The van der Waals surface area contributed by atoms with E-state index in [1.54, 1.807) is 11.3 Å². The molecule has 0 spiro atoms. The zero-order valence-corrected chi connectivity index (χ0v) is 13.3. The van der Waals surface area contributed by atoms with E-state index in [-0.39, 0.29) is 11.2 Å². The van der Waals surface area contributed by atoms with Crippen LogP contribution in [0.25, 0.3) is 0 Å². The second kappa shape index (κ2) is 4.55. The van der Waals surface area contributed by atoms with Gasteiger partial charge < -0.3 is 4.57 Å². The Morgan fingerprint density at radius 1 is 1.35 bits per heavy atom. The topological polar surface area (TPSA) is 34.9 Å². The van der Waals surface area contributed by atoms with Gasteiger partial charge in [0.1, 0.15) is 0 Å². The first-order valence-corrected chi connectivity index (χ1v) is 7.87. The Balaban J connectivity index is 2.02. The smallest absolute Gasteiger partial charge is 0.165 e. The lowest BCUT2D eigenvalue weighted by molar-refractivity contribution is 0.0910. The molecule has 106 valence electrons. The molecule has 3 rings (SSSR count). The van der Waals surface area contributed by atoms with E-state index in [2.05, 4.69) is 35.7 Å². The minimum absolute atomic E-state index is 0.0601. The summed E-state index contributed by atoms with van der Waals surface area (Å²) in [4.78, 5) is 16.8. The molecule has 1 aliphatic rings. The fourth-order valence-electron chi connectivity index (χ4n) is 3.07. The summed E-state index contributed by atoms with van der Waals surface area (Å²) in [6, 6.07) is 2.05. The monoisotopic (exact) mass is 288 g/mol. The second-order valence-corrected chi connectivity index (χ2v) is 7.59. The number of carbonyl (C=O) groups excluding carboxylic acids is 1. The van der Waals surface area contributed by atoms with E-state index in [1.165, 1.54) is 5.69 Å². The van der Waals surface area contributed by atoms with Crippen LogP contribution in [0.2, 0.25) is 0 Å². The summed E-state index contributed by atoms with van der Waals surface area (Å²) in [5.41, 5.74) is 4.42. The number of aryl methyl sites for hydroxylation is 2. The first-order chi connectivity index (χ1) is 9.35. The van der Waals surface area contributed by atoms with Crippen LogP contribution in [-0.4, -0.2) is 15.3 Å². The highest BCUT2D eigenvalue weighted by Crippen LogP contribution is 2.36. The van der Waals surface area contributed by atoms with Crippen LogP contribution < -0.4 is 0 Å². The van der Waals surface area contributed by atoms with Crippen molar-refractivity contribution in [3.8, 4) is 0 Å². The Bertz CT molecular complexity index is 679. The van der Waals surface area contributed by atoms with Gasteiger partial charge in [-0.25, -0.2) is 4.98 Å². The molecule has 0 atom stereocenters. The van der Waals surface area contributed by atoms with Crippen LogP contribution >= 0.6 is 11.3 Å². The standard InChI is InChI=1S/C16H20N2OS/c1-10-5-13-14(6-16(3,4)7-15(13)19)18(10)8-12-9-20-11(2)17-12/h5,9H,6-8H2,1-4H3. The summed E-state index contributed by atoms with van der Waals surface area (Å²) in [6.45, 7) is 9.23. The Kier molecular flexibility index (Phi) is 3.09. The highest BCUT2D eigenvalue weighted by molar-refractivity contribution is 7.09. The summed E-state index contributed by atoms with van der Waals surface area (Å²) < 4.78 is 2.27. The van der Waals surface area contributed by atoms with Crippen LogP contribution in [-0.2, 0) is 13.0 Å². The van der Waals surface area contributed by atoms with Gasteiger partial charge in [-0.15, -0.1) is 11.3 Å². The first kappa shape index (κ1) is 13.6. The van der Waals surface area contributed by atoms with Gasteiger partial charge in [0.15, 0.2) is 5.78 Å². The molecule has 0 aliphatic heterocycles. The molecule has 0 radical (unpaired) electrons. The Labute approximate surface area is 123 Å². The average Bonchev–Trinajstić information content (AvgIpc) is 2.86. The van der Waals surface area contributed by atoms with Crippen molar-refractivity contribution in [1.82, 2.24) is 9.55 Å². The van der Waals surface area contributed by atoms with Gasteiger partial charge in [-0.2, -0.15) is 0 Å². The number of ketones is 1. The van der Waals surface area contributed by atoms with Crippen LogP contribution in [0.4, 0.5) is 0 Å². The van der Waals surface area contributed by atoms with Crippen molar-refractivity contribution in [2.45, 2.75) is 47.1 Å². The van der Waals surface area contributed by atoms with E-state index in [0.29, 0.717) is 6.42 Å². The number of thiazole rings is 1. The number of hydrogen-bond acceptors (Lipinski definition) is 3. The molecule has 2 aromatic rings. The second-order valence-electron chi connectivity index (χ2n) is 6.53. The molecule has 4 heteroatoms. The summed E-state index contributed by atoms with van der Waals surface area (Å²) >= 11 is 1.68. The normalized spacial score (nSPS) is 17.3. The van der Waals surface area contributed by atoms with Crippen molar-refractivity contribution < 1.29 is 4.79 Å². The summed E-state index contributed by atoms with van der Waals surface area (Å²) in [7, 11) is 0. The van der Waals surface area contributed by atoms with E-state index in [1.807, 2.05) is 13.0 Å². The third kappa shape index (κ3) is 2.33. The summed E-state index contributed by atoms with van der Waals surface area (Å²) in [5.74, 6) is 0.285. The van der Waals surface area contributed by atoms with E-state index < -0.39 is 0 Å². The van der Waals surface area contributed by atoms with Gasteiger partial charge in [-0.1, -0.05) is 13.8 Å². The predicted molar refractivity (Wildman–Crippen MR) is 81.6 cm³/mol. The molecule has 0 bridgehead atoms. The Hall–Kier alpha value is -1.42. The quantitative estimate of drug-likeness (QED) is 0.843. The van der Waals surface area contributed by atoms with Crippen molar-refractivity contribution in [3.05, 3.63) is 39.1 Å². The minimum atomic E-state index is 0.0601. The first-order valence-electron chi connectivity index (χ1n) is 6.99. The molecule has 0 N–H and O–H groups in total. The summed E-state index contributed by atoms with van der Waals surface area (Å²) in [5, 5.41) is 3.20. The molecule has 0 unspecified atom stereocenters. The number of hydrogen-bond donors (Lipinski definition) is 0. The van der Waals surface area contributed by atoms with Crippen LogP contribution in [0, 0.1) is 19.3 Å². The molecule has 3 nitrogen and oxygen atoms in total. The van der Waals surface area contributed by atoms with E-state index >= 15 is 0 Å². The molecule has 0 fully saturated rings. The number of aromatic nitrogens is 2. The fourth-order valence-corrected chi connectivity index (χ4v) is 3.67. The average molecular weight is 288 g/mol. The number of fused-ring (bicyclic) bond motifs is 1. The van der Waals surface area contributed by atoms with Crippen molar-refractivity contribution >= 4 is 17.1 Å². The number of rotatable bonds is 2. The van der Waals surface area contributed by atoms with Gasteiger partial charge in [0.2, 0.25) is 0 Å². The third-order valence-corrected chi connectivity index (χ3v) is 4.81. The van der Waals surface area contributed by atoms with Crippen LogP contribution in [0.15, 0.2) is 11.4 Å². The third-order valence-electron chi connectivity index (χ3n) is 3.99. The highest BCUT2D eigenvalue weighted by atomic mass is 32.1. The molecule has 0 aromatic carbocycles. The maximum atomic E-state index is 12.3. The number of carbonyl (C=O) groups is 1. The van der Waals surface area contributed by atoms with Gasteiger partial charge in [0.25, 0.3) is 0 Å². The molecule has 2 aromatic heterocycles. The van der Waals surface area contributed by atoms with Crippen molar-refractivity contribution in [2.24, 2.45) is 5.41 Å². The lowest BCUT2D eigenvalue weighted by Gasteiger charge is -2.29. The minimum Gasteiger partial charge on any atom is -0.342 e. The zero-order valence-electron chi connectivity index (χ0n) is 12.5. The van der Waals surface area contributed by atoms with Gasteiger partial charge in [-0.05, 0) is 31.7 Å².